The van der Waals surface area contributed by atoms with Crippen LogP contribution in [0.2, 0.25) is 0 Å². The van der Waals surface area contributed by atoms with Gasteiger partial charge in [-0.15, -0.1) is 6.58 Å². The molecule has 1 atom stereocenters. The highest BCUT2D eigenvalue weighted by molar-refractivity contribution is 5.61. The maximum absolute atomic E-state index is 4.27. The van der Waals surface area contributed by atoms with Gasteiger partial charge in [-0.1, -0.05) is 6.08 Å². The molecule has 0 bridgehead atoms. The monoisotopic (exact) mass is 152 g/mol. The van der Waals surface area contributed by atoms with Crippen molar-refractivity contribution >= 4 is 6.21 Å². The van der Waals surface area contributed by atoms with Gasteiger partial charge in [0.25, 0.3) is 0 Å². The molecular formula is C9H16N2. The molecule has 1 aliphatic heterocycles. The summed E-state index contributed by atoms with van der Waals surface area (Å²) in [5.74, 6) is 0. The van der Waals surface area contributed by atoms with E-state index in [1.165, 1.54) is 19.3 Å². The van der Waals surface area contributed by atoms with Crippen molar-refractivity contribution in [2.75, 3.05) is 6.54 Å². The number of rotatable bonds is 5. The van der Waals surface area contributed by atoms with E-state index in [9.17, 15) is 0 Å². The van der Waals surface area contributed by atoms with E-state index < -0.39 is 0 Å². The molecule has 62 valence electrons. The van der Waals surface area contributed by atoms with Gasteiger partial charge in [0.2, 0.25) is 0 Å². The van der Waals surface area contributed by atoms with E-state index in [1.54, 1.807) is 0 Å². The zero-order chi connectivity index (χ0) is 7.94. The second kappa shape index (κ2) is 5.08. The van der Waals surface area contributed by atoms with Crippen LogP contribution in [0.3, 0.4) is 0 Å². The van der Waals surface area contributed by atoms with Crippen LogP contribution in [0, 0.1) is 0 Å². The van der Waals surface area contributed by atoms with Crippen LogP contribution in [0.15, 0.2) is 17.6 Å². The molecule has 1 heterocycles. The number of nitrogens with zero attached hydrogens (tertiary/aromatic N) is 1. The first-order chi connectivity index (χ1) is 5.43. The van der Waals surface area contributed by atoms with Crippen molar-refractivity contribution in [3.05, 3.63) is 12.7 Å². The first-order valence-electron chi connectivity index (χ1n) is 4.29. The zero-order valence-electron chi connectivity index (χ0n) is 6.92. The Labute approximate surface area is 68.4 Å². The Morgan fingerprint density at radius 3 is 3.18 bits per heavy atom. The lowest BCUT2D eigenvalue weighted by Gasteiger charge is -2.05. The summed E-state index contributed by atoms with van der Waals surface area (Å²) >= 11 is 0. The quantitative estimate of drug-likeness (QED) is 0.471. The Balaban J connectivity index is 1.94. The Bertz CT molecular complexity index is 140. The normalized spacial score (nSPS) is 22.4. The predicted molar refractivity (Wildman–Crippen MR) is 48.9 cm³/mol. The third kappa shape index (κ3) is 3.33. The largest absolute Gasteiger partial charge is 0.291 e. The highest BCUT2D eigenvalue weighted by Gasteiger charge is 2.06. The minimum atomic E-state index is 0.403. The summed E-state index contributed by atoms with van der Waals surface area (Å²) in [6, 6.07) is 0. The van der Waals surface area contributed by atoms with Crippen LogP contribution in [-0.4, -0.2) is 18.9 Å². The molecule has 0 saturated heterocycles. The summed E-state index contributed by atoms with van der Waals surface area (Å²) in [4.78, 5) is 4.27. The van der Waals surface area contributed by atoms with E-state index in [-0.39, 0.29) is 0 Å². The number of nitrogens with one attached hydrogen (secondary N) is 1. The topological polar surface area (TPSA) is 24.4 Å². The average Bonchev–Trinajstić information content (AvgIpc) is 2.50. The number of hydrogen-bond acceptors (Lipinski definition) is 2. The van der Waals surface area contributed by atoms with Gasteiger partial charge in [-0.05, 0) is 25.7 Å². The summed E-state index contributed by atoms with van der Waals surface area (Å²) in [6.45, 7) is 4.64. The number of aliphatic imine (C=N–C) groups is 1. The van der Waals surface area contributed by atoms with Crippen LogP contribution in [-0.2, 0) is 0 Å². The van der Waals surface area contributed by atoms with Crippen molar-refractivity contribution in [1.82, 2.24) is 5.32 Å². The van der Waals surface area contributed by atoms with E-state index in [0.29, 0.717) is 6.17 Å². The van der Waals surface area contributed by atoms with E-state index in [2.05, 4.69) is 16.9 Å². The maximum atomic E-state index is 4.27. The molecule has 1 rings (SSSR count). The minimum Gasteiger partial charge on any atom is -0.291 e. The van der Waals surface area contributed by atoms with Crippen LogP contribution in [0.4, 0.5) is 0 Å². The molecule has 0 fully saturated rings. The van der Waals surface area contributed by atoms with Crippen molar-refractivity contribution in [1.29, 1.82) is 0 Å². The smallest absolute Gasteiger partial charge is 0.0993 e. The van der Waals surface area contributed by atoms with Crippen LogP contribution in [0.1, 0.15) is 25.7 Å². The molecule has 11 heavy (non-hydrogen) atoms. The van der Waals surface area contributed by atoms with Crippen LogP contribution >= 0.6 is 0 Å². The Hall–Kier alpha value is -0.630. The van der Waals surface area contributed by atoms with Crippen molar-refractivity contribution in [3.63, 3.8) is 0 Å². The SMILES string of the molecule is C=CCCCCC1N=CCN1. The highest BCUT2D eigenvalue weighted by Crippen LogP contribution is 2.06. The fourth-order valence-corrected chi connectivity index (χ4v) is 1.22. The highest BCUT2D eigenvalue weighted by atomic mass is 15.1. The fraction of sp³-hybridized carbons (Fsp3) is 0.667. The standard InChI is InChI=1S/C9H16N2/c1-2-3-4-5-6-9-10-7-8-11-9/h2,7,9,11H,1,3-6,8H2. The Morgan fingerprint density at radius 1 is 1.64 bits per heavy atom. The predicted octanol–water partition coefficient (Wildman–Crippen LogP) is 1.73. The second-order valence-corrected chi connectivity index (χ2v) is 2.83. The van der Waals surface area contributed by atoms with Crippen molar-refractivity contribution in [2.24, 2.45) is 4.99 Å². The van der Waals surface area contributed by atoms with Gasteiger partial charge in [-0.2, -0.15) is 0 Å². The van der Waals surface area contributed by atoms with E-state index in [4.69, 9.17) is 0 Å². The molecule has 2 nitrogen and oxygen atoms in total. The van der Waals surface area contributed by atoms with Gasteiger partial charge in [-0.3, -0.25) is 10.3 Å². The molecule has 0 aromatic rings. The van der Waals surface area contributed by atoms with Gasteiger partial charge in [0.15, 0.2) is 0 Å². The van der Waals surface area contributed by atoms with Crippen molar-refractivity contribution < 1.29 is 0 Å². The lowest BCUT2D eigenvalue weighted by Crippen LogP contribution is -2.21. The average molecular weight is 152 g/mol. The number of unbranched alkanes of at least 4 members (excludes halogenated alkanes) is 2. The Kier molecular flexibility index (Phi) is 3.91. The minimum absolute atomic E-state index is 0.403. The first kappa shape index (κ1) is 8.47. The van der Waals surface area contributed by atoms with Crippen molar-refractivity contribution in [2.45, 2.75) is 31.8 Å². The van der Waals surface area contributed by atoms with Gasteiger partial charge in [-0.25, -0.2) is 0 Å². The lowest BCUT2D eigenvalue weighted by molar-refractivity contribution is 0.525. The zero-order valence-corrected chi connectivity index (χ0v) is 6.92. The number of hydrogen-bond donors (Lipinski definition) is 1. The molecule has 0 amide bonds. The molecule has 0 radical (unpaired) electrons. The van der Waals surface area contributed by atoms with Gasteiger partial charge in [0.1, 0.15) is 0 Å². The van der Waals surface area contributed by atoms with Crippen molar-refractivity contribution in [3.8, 4) is 0 Å². The van der Waals surface area contributed by atoms with Gasteiger partial charge in [0.05, 0.1) is 6.17 Å². The second-order valence-electron chi connectivity index (χ2n) is 2.83. The van der Waals surface area contributed by atoms with E-state index in [0.717, 1.165) is 13.0 Å². The fourth-order valence-electron chi connectivity index (χ4n) is 1.22. The molecule has 1 N–H and O–H groups in total. The Morgan fingerprint density at radius 2 is 2.55 bits per heavy atom. The summed E-state index contributed by atoms with van der Waals surface area (Å²) in [7, 11) is 0. The summed E-state index contributed by atoms with van der Waals surface area (Å²) in [5, 5.41) is 3.29. The molecule has 0 aromatic carbocycles. The molecule has 1 unspecified atom stereocenters. The van der Waals surface area contributed by atoms with E-state index in [1.807, 2.05) is 12.3 Å². The lowest BCUT2D eigenvalue weighted by atomic mass is 10.1. The summed E-state index contributed by atoms with van der Waals surface area (Å²) < 4.78 is 0. The molecule has 0 aromatic heterocycles. The molecule has 0 saturated carbocycles. The van der Waals surface area contributed by atoms with E-state index >= 15 is 0 Å². The maximum Gasteiger partial charge on any atom is 0.0993 e. The summed E-state index contributed by atoms with van der Waals surface area (Å²) in [5.41, 5.74) is 0. The van der Waals surface area contributed by atoms with Crippen LogP contribution in [0.5, 0.6) is 0 Å². The molecular weight excluding hydrogens is 136 g/mol. The van der Waals surface area contributed by atoms with Gasteiger partial charge >= 0.3 is 0 Å². The number of allylic oxidation sites excluding steroid dienone is 1. The summed E-state index contributed by atoms with van der Waals surface area (Å²) in [6.07, 6.45) is 9.14. The third-order valence-electron chi connectivity index (χ3n) is 1.87. The molecule has 2 heteroatoms. The molecule has 1 aliphatic rings. The van der Waals surface area contributed by atoms with Crippen LogP contribution < -0.4 is 5.32 Å². The third-order valence-corrected chi connectivity index (χ3v) is 1.87. The van der Waals surface area contributed by atoms with Gasteiger partial charge < -0.3 is 0 Å². The molecule has 0 aliphatic carbocycles. The molecule has 0 spiro atoms. The van der Waals surface area contributed by atoms with Gasteiger partial charge in [0, 0.05) is 12.8 Å². The first-order valence-corrected chi connectivity index (χ1v) is 4.29. The van der Waals surface area contributed by atoms with Crippen LogP contribution in [0.25, 0.3) is 0 Å².